The number of H-pyrrole nitrogens is 1. The number of nitrogens with one attached hydrogen (secondary N) is 2. The molecule has 0 aliphatic rings. The highest BCUT2D eigenvalue weighted by atomic mass is 35.5. The summed E-state index contributed by atoms with van der Waals surface area (Å²) in [7, 11) is 0. The smallest absolute Gasteiger partial charge is 0.239 e. The molecule has 1 heterocycles. The van der Waals surface area contributed by atoms with Crippen LogP contribution in [-0.4, -0.2) is 27.0 Å². The Kier molecular flexibility index (Phi) is 4.14. The Balaban J connectivity index is 1.89. The molecule has 7 heteroatoms. The third-order valence-corrected chi connectivity index (χ3v) is 2.34. The molecule has 2 aromatic rings. The zero-order chi connectivity index (χ0) is 12.8. The number of hydrogen-bond donors (Lipinski definition) is 2. The molecule has 1 amide bonds. The molecule has 1 aromatic carbocycles. The summed E-state index contributed by atoms with van der Waals surface area (Å²) in [6, 6.07) is 6.97. The van der Waals surface area contributed by atoms with Crippen molar-refractivity contribution in [2.75, 3.05) is 11.2 Å². The number of nitrogens with zero attached hydrogens (tertiary/aromatic N) is 2. The normalized spacial score (nSPS) is 10.1. The maximum absolute atomic E-state index is 11.1. The van der Waals surface area contributed by atoms with Crippen LogP contribution in [0.4, 0.5) is 5.69 Å². The average Bonchev–Trinajstić information content (AvgIpc) is 2.91. The first kappa shape index (κ1) is 12.4. The molecule has 18 heavy (non-hydrogen) atoms. The van der Waals surface area contributed by atoms with Gasteiger partial charge in [-0.15, -0.1) is 11.6 Å². The maximum Gasteiger partial charge on any atom is 0.239 e. The zero-order valence-corrected chi connectivity index (χ0v) is 10.1. The summed E-state index contributed by atoms with van der Waals surface area (Å²) >= 11 is 5.39. The summed E-state index contributed by atoms with van der Waals surface area (Å²) in [5.41, 5.74) is 0.674. The topological polar surface area (TPSA) is 79.9 Å². The van der Waals surface area contributed by atoms with Crippen LogP contribution in [-0.2, 0) is 11.4 Å². The van der Waals surface area contributed by atoms with E-state index in [1.54, 1.807) is 24.3 Å². The SMILES string of the molecule is O=C(CCl)Nc1ccc(OCc2ncn[nH]2)cc1. The van der Waals surface area contributed by atoms with Gasteiger partial charge < -0.3 is 10.1 Å². The summed E-state index contributed by atoms with van der Waals surface area (Å²) in [4.78, 5) is 15.0. The molecule has 1 aromatic heterocycles. The van der Waals surface area contributed by atoms with E-state index in [0.29, 0.717) is 23.9 Å². The molecule has 0 aliphatic heterocycles. The summed E-state index contributed by atoms with van der Waals surface area (Å²) in [5, 5.41) is 9.04. The monoisotopic (exact) mass is 266 g/mol. The molecule has 0 saturated carbocycles. The minimum absolute atomic E-state index is 0.0657. The number of ether oxygens (including phenoxy) is 1. The van der Waals surface area contributed by atoms with Crippen LogP contribution >= 0.6 is 11.6 Å². The lowest BCUT2D eigenvalue weighted by Gasteiger charge is -2.06. The van der Waals surface area contributed by atoms with Crippen LogP contribution in [0.15, 0.2) is 30.6 Å². The van der Waals surface area contributed by atoms with Crippen molar-refractivity contribution in [3.63, 3.8) is 0 Å². The van der Waals surface area contributed by atoms with Crippen LogP contribution in [0, 0.1) is 0 Å². The number of carbonyl (C=O) groups excluding carboxylic acids is 1. The second-order valence-electron chi connectivity index (χ2n) is 3.43. The van der Waals surface area contributed by atoms with Gasteiger partial charge in [-0.3, -0.25) is 9.89 Å². The predicted molar refractivity (Wildman–Crippen MR) is 66.5 cm³/mol. The number of aromatic amines is 1. The molecule has 2 rings (SSSR count). The van der Waals surface area contributed by atoms with Crippen molar-refractivity contribution in [2.24, 2.45) is 0 Å². The van der Waals surface area contributed by atoms with Crippen molar-refractivity contribution in [1.29, 1.82) is 0 Å². The van der Waals surface area contributed by atoms with Crippen molar-refractivity contribution < 1.29 is 9.53 Å². The highest BCUT2D eigenvalue weighted by Gasteiger charge is 2.01. The van der Waals surface area contributed by atoms with Gasteiger partial charge in [0.15, 0.2) is 5.82 Å². The van der Waals surface area contributed by atoms with Crippen LogP contribution in [0.25, 0.3) is 0 Å². The van der Waals surface area contributed by atoms with Crippen LogP contribution in [0.3, 0.4) is 0 Å². The van der Waals surface area contributed by atoms with Gasteiger partial charge in [-0.1, -0.05) is 0 Å². The number of carbonyl (C=O) groups is 1. The number of rotatable bonds is 5. The van der Waals surface area contributed by atoms with E-state index in [4.69, 9.17) is 16.3 Å². The van der Waals surface area contributed by atoms with Gasteiger partial charge >= 0.3 is 0 Å². The van der Waals surface area contributed by atoms with E-state index in [9.17, 15) is 4.79 Å². The van der Waals surface area contributed by atoms with E-state index in [1.165, 1.54) is 6.33 Å². The Morgan fingerprint density at radius 1 is 1.39 bits per heavy atom. The number of halogens is 1. The van der Waals surface area contributed by atoms with Crippen molar-refractivity contribution >= 4 is 23.2 Å². The maximum atomic E-state index is 11.1. The van der Waals surface area contributed by atoms with Crippen LogP contribution in [0.1, 0.15) is 5.82 Å². The molecule has 0 saturated heterocycles. The van der Waals surface area contributed by atoms with Gasteiger partial charge in [0.25, 0.3) is 0 Å². The number of amides is 1. The predicted octanol–water partition coefficient (Wildman–Crippen LogP) is 1.56. The average molecular weight is 267 g/mol. The Labute approximate surface area is 108 Å². The van der Waals surface area contributed by atoms with Gasteiger partial charge in [0, 0.05) is 5.69 Å². The third kappa shape index (κ3) is 3.46. The fraction of sp³-hybridized carbons (Fsp3) is 0.182. The molecule has 0 aliphatic carbocycles. The largest absolute Gasteiger partial charge is 0.486 e. The second-order valence-corrected chi connectivity index (χ2v) is 3.69. The Hall–Kier alpha value is -2.08. The standard InChI is InChI=1S/C11H11ClN4O2/c12-5-11(17)15-8-1-3-9(4-2-8)18-6-10-13-7-14-16-10/h1-4,7H,5-6H2,(H,15,17)(H,13,14,16). The molecular weight excluding hydrogens is 256 g/mol. The van der Waals surface area contributed by atoms with Crippen LogP contribution in [0.5, 0.6) is 5.75 Å². The first-order valence-corrected chi connectivity index (χ1v) is 5.74. The summed E-state index contributed by atoms with van der Waals surface area (Å²) in [5.74, 6) is 1.01. The lowest BCUT2D eigenvalue weighted by Crippen LogP contribution is -2.12. The van der Waals surface area contributed by atoms with Crippen molar-refractivity contribution in [1.82, 2.24) is 15.2 Å². The molecule has 2 N–H and O–H groups in total. The molecule has 0 atom stereocenters. The minimum Gasteiger partial charge on any atom is -0.486 e. The lowest BCUT2D eigenvalue weighted by atomic mass is 10.3. The molecule has 0 radical (unpaired) electrons. The number of alkyl halides is 1. The lowest BCUT2D eigenvalue weighted by molar-refractivity contribution is -0.113. The number of anilines is 1. The number of aromatic nitrogens is 3. The van der Waals surface area contributed by atoms with E-state index in [-0.39, 0.29) is 11.8 Å². The van der Waals surface area contributed by atoms with Crippen LogP contribution < -0.4 is 10.1 Å². The highest BCUT2D eigenvalue weighted by molar-refractivity contribution is 6.29. The summed E-state index contributed by atoms with van der Waals surface area (Å²) < 4.78 is 5.46. The van der Waals surface area contributed by atoms with E-state index >= 15 is 0 Å². The number of benzene rings is 1. The Bertz CT molecular complexity index is 498. The summed E-state index contributed by atoms with van der Waals surface area (Å²) in [6.07, 6.45) is 1.42. The first-order valence-electron chi connectivity index (χ1n) is 5.21. The minimum atomic E-state index is -0.244. The van der Waals surface area contributed by atoms with Gasteiger partial charge in [-0.2, -0.15) is 5.10 Å². The third-order valence-electron chi connectivity index (χ3n) is 2.10. The summed E-state index contributed by atoms with van der Waals surface area (Å²) in [6.45, 7) is 0.313. The second kappa shape index (κ2) is 6.02. The van der Waals surface area contributed by atoms with Gasteiger partial charge in [-0.25, -0.2) is 4.98 Å². The van der Waals surface area contributed by atoms with E-state index in [2.05, 4.69) is 20.5 Å². The molecule has 6 nitrogen and oxygen atoms in total. The van der Waals surface area contributed by atoms with Gasteiger partial charge in [-0.05, 0) is 24.3 Å². The Morgan fingerprint density at radius 2 is 2.17 bits per heavy atom. The van der Waals surface area contributed by atoms with E-state index < -0.39 is 0 Å². The highest BCUT2D eigenvalue weighted by Crippen LogP contribution is 2.16. The zero-order valence-electron chi connectivity index (χ0n) is 9.39. The van der Waals surface area contributed by atoms with Crippen molar-refractivity contribution in [2.45, 2.75) is 6.61 Å². The van der Waals surface area contributed by atoms with Crippen LogP contribution in [0.2, 0.25) is 0 Å². The van der Waals surface area contributed by atoms with Crippen molar-refractivity contribution in [3.05, 3.63) is 36.4 Å². The Morgan fingerprint density at radius 3 is 2.78 bits per heavy atom. The fourth-order valence-electron chi connectivity index (χ4n) is 1.28. The van der Waals surface area contributed by atoms with E-state index in [1.807, 2.05) is 0 Å². The van der Waals surface area contributed by atoms with E-state index in [0.717, 1.165) is 0 Å². The molecule has 94 valence electrons. The number of hydrogen-bond acceptors (Lipinski definition) is 4. The molecule has 0 bridgehead atoms. The van der Waals surface area contributed by atoms with Crippen molar-refractivity contribution in [3.8, 4) is 5.75 Å². The quantitative estimate of drug-likeness (QED) is 0.805. The van der Waals surface area contributed by atoms with Gasteiger partial charge in [0.05, 0.1) is 0 Å². The first-order chi connectivity index (χ1) is 8.78. The van der Waals surface area contributed by atoms with Gasteiger partial charge in [0.1, 0.15) is 24.6 Å². The molecule has 0 unspecified atom stereocenters. The van der Waals surface area contributed by atoms with Gasteiger partial charge in [0.2, 0.25) is 5.91 Å². The molecule has 0 fully saturated rings. The molecular formula is C11H11ClN4O2. The fourth-order valence-corrected chi connectivity index (χ4v) is 1.35. The molecule has 0 spiro atoms.